The van der Waals surface area contributed by atoms with Crippen LogP contribution in [0.2, 0.25) is 10.0 Å². The third kappa shape index (κ3) is 4.83. The number of nitrogens with one attached hydrogen (secondary N) is 2. The molecule has 2 aliphatic rings. The third-order valence-corrected chi connectivity index (χ3v) is 6.24. The SMILES string of the molecule is COC(=O)C1=CN(CC(=O)C2CNCCN2)C(C)=C(C(=O)OC)C1c1c(Cl)cccc1Cl. The molecule has 1 saturated heterocycles. The van der Waals surface area contributed by atoms with Gasteiger partial charge < -0.3 is 25.0 Å². The molecule has 2 unspecified atom stereocenters. The van der Waals surface area contributed by atoms with Crippen molar-refractivity contribution < 1.29 is 23.9 Å². The average Bonchev–Trinajstić information content (AvgIpc) is 2.80. The van der Waals surface area contributed by atoms with E-state index in [1.807, 2.05) is 0 Å². The lowest BCUT2D eigenvalue weighted by molar-refractivity contribution is -0.137. The molecule has 3 rings (SSSR count). The van der Waals surface area contributed by atoms with Crippen molar-refractivity contribution in [2.24, 2.45) is 0 Å². The fraction of sp³-hybridized carbons (Fsp3) is 0.409. The minimum Gasteiger partial charge on any atom is -0.466 e. The van der Waals surface area contributed by atoms with Crippen molar-refractivity contribution in [1.29, 1.82) is 0 Å². The molecular formula is C22H25Cl2N3O5. The number of nitrogens with zero attached hydrogens (tertiary/aromatic N) is 1. The maximum atomic E-state index is 12.9. The summed E-state index contributed by atoms with van der Waals surface area (Å²) in [5.41, 5.74) is 1.13. The van der Waals surface area contributed by atoms with Crippen LogP contribution in [0.15, 0.2) is 41.2 Å². The van der Waals surface area contributed by atoms with Crippen molar-refractivity contribution in [2.75, 3.05) is 40.4 Å². The molecule has 8 nitrogen and oxygen atoms in total. The van der Waals surface area contributed by atoms with Gasteiger partial charge in [0.1, 0.15) is 0 Å². The Balaban J connectivity index is 2.11. The fourth-order valence-corrected chi connectivity index (χ4v) is 4.55. The number of halogens is 2. The van der Waals surface area contributed by atoms with E-state index in [4.69, 9.17) is 32.7 Å². The second-order valence-corrected chi connectivity index (χ2v) is 8.25. The average molecular weight is 482 g/mol. The molecule has 1 aromatic carbocycles. The van der Waals surface area contributed by atoms with Gasteiger partial charge in [0.15, 0.2) is 5.78 Å². The first-order valence-electron chi connectivity index (χ1n) is 10.1. The monoisotopic (exact) mass is 481 g/mol. The van der Waals surface area contributed by atoms with Crippen molar-refractivity contribution in [1.82, 2.24) is 15.5 Å². The topological polar surface area (TPSA) is 97.0 Å². The molecule has 0 spiro atoms. The number of carbonyl (C=O) groups excluding carboxylic acids is 3. The van der Waals surface area contributed by atoms with Gasteiger partial charge in [0.05, 0.1) is 43.9 Å². The van der Waals surface area contributed by atoms with Crippen LogP contribution in [-0.2, 0) is 23.9 Å². The highest BCUT2D eigenvalue weighted by atomic mass is 35.5. The van der Waals surface area contributed by atoms with E-state index in [9.17, 15) is 14.4 Å². The van der Waals surface area contributed by atoms with E-state index in [2.05, 4.69) is 10.6 Å². The zero-order valence-corrected chi connectivity index (χ0v) is 19.5. The van der Waals surface area contributed by atoms with Gasteiger partial charge >= 0.3 is 11.9 Å². The van der Waals surface area contributed by atoms with Crippen molar-refractivity contribution in [3.8, 4) is 0 Å². The fourth-order valence-electron chi connectivity index (χ4n) is 3.93. The zero-order chi connectivity index (χ0) is 23.4. The van der Waals surface area contributed by atoms with Crippen LogP contribution in [0.1, 0.15) is 18.4 Å². The van der Waals surface area contributed by atoms with E-state index in [0.717, 1.165) is 6.54 Å². The number of hydrogen-bond acceptors (Lipinski definition) is 8. The summed E-state index contributed by atoms with van der Waals surface area (Å²) in [6.45, 7) is 3.61. The summed E-state index contributed by atoms with van der Waals surface area (Å²) in [7, 11) is 2.49. The quantitative estimate of drug-likeness (QED) is 0.595. The van der Waals surface area contributed by atoms with Crippen molar-refractivity contribution >= 4 is 40.9 Å². The number of piperazine rings is 1. The van der Waals surface area contributed by atoms with Gasteiger partial charge in [0, 0.05) is 47.1 Å². The summed E-state index contributed by atoms with van der Waals surface area (Å²) in [6, 6.07) is 4.55. The van der Waals surface area contributed by atoms with Gasteiger partial charge in [-0.25, -0.2) is 9.59 Å². The predicted octanol–water partition coefficient (Wildman–Crippen LogP) is 2.03. The second kappa shape index (κ2) is 10.5. The summed E-state index contributed by atoms with van der Waals surface area (Å²) in [5, 5.41) is 6.91. The van der Waals surface area contributed by atoms with E-state index in [0.29, 0.717) is 24.4 Å². The number of carbonyl (C=O) groups is 3. The van der Waals surface area contributed by atoms with Crippen LogP contribution >= 0.6 is 23.2 Å². The highest BCUT2D eigenvalue weighted by molar-refractivity contribution is 6.36. The van der Waals surface area contributed by atoms with Gasteiger partial charge in [-0.3, -0.25) is 4.79 Å². The summed E-state index contributed by atoms with van der Waals surface area (Å²) in [6.07, 6.45) is 1.52. The maximum Gasteiger partial charge on any atom is 0.336 e. The molecule has 172 valence electrons. The van der Waals surface area contributed by atoms with Crippen LogP contribution in [0.25, 0.3) is 0 Å². The Hall–Kier alpha value is -2.39. The van der Waals surface area contributed by atoms with Crippen LogP contribution in [0, 0.1) is 0 Å². The summed E-state index contributed by atoms with van der Waals surface area (Å²) in [4.78, 5) is 40.1. The van der Waals surface area contributed by atoms with Gasteiger partial charge in [-0.1, -0.05) is 29.3 Å². The Morgan fingerprint density at radius 3 is 2.31 bits per heavy atom. The Labute approximate surface area is 196 Å². The maximum absolute atomic E-state index is 12.9. The number of benzene rings is 1. The molecular weight excluding hydrogens is 457 g/mol. The standard InChI is InChI=1S/C22H25Cl2N3O5/c1-12-18(22(30)32-3)19(20-14(23)5-4-6-15(20)24)13(21(29)31-2)10-27(12)11-17(28)16-9-25-7-8-26-16/h4-6,10,16,19,25-26H,7-9,11H2,1-3H3. The normalized spacial score (nSPS) is 21.2. The third-order valence-electron chi connectivity index (χ3n) is 5.59. The van der Waals surface area contributed by atoms with Gasteiger partial charge in [0.25, 0.3) is 0 Å². The molecule has 2 heterocycles. The van der Waals surface area contributed by atoms with Gasteiger partial charge in [0.2, 0.25) is 0 Å². The lowest BCUT2D eigenvalue weighted by atomic mass is 9.81. The van der Waals surface area contributed by atoms with Crippen LogP contribution in [-0.4, -0.2) is 69.1 Å². The first-order valence-corrected chi connectivity index (χ1v) is 10.8. The Bertz CT molecular complexity index is 966. The summed E-state index contributed by atoms with van der Waals surface area (Å²) >= 11 is 12.9. The minimum atomic E-state index is -0.920. The molecule has 1 aromatic rings. The number of esters is 2. The van der Waals surface area contributed by atoms with E-state index in [1.165, 1.54) is 20.4 Å². The van der Waals surface area contributed by atoms with Crippen LogP contribution in [0.5, 0.6) is 0 Å². The summed E-state index contributed by atoms with van der Waals surface area (Å²) < 4.78 is 10.0. The second-order valence-electron chi connectivity index (χ2n) is 7.44. The van der Waals surface area contributed by atoms with Gasteiger partial charge in [-0.05, 0) is 19.1 Å². The molecule has 0 aliphatic carbocycles. The minimum absolute atomic E-state index is 0.0465. The highest BCUT2D eigenvalue weighted by Crippen LogP contribution is 2.45. The number of rotatable bonds is 6. The first kappa shape index (κ1) is 24.3. The number of ether oxygens (including phenoxy) is 2. The number of methoxy groups -OCH3 is 2. The van der Waals surface area contributed by atoms with Crippen molar-refractivity contribution in [3.05, 3.63) is 56.9 Å². The molecule has 0 amide bonds. The molecule has 0 bridgehead atoms. The predicted molar refractivity (Wildman–Crippen MR) is 120 cm³/mol. The molecule has 0 aromatic heterocycles. The Kier molecular flexibility index (Phi) is 7.95. The van der Waals surface area contributed by atoms with Crippen molar-refractivity contribution in [2.45, 2.75) is 18.9 Å². The zero-order valence-electron chi connectivity index (χ0n) is 18.0. The molecule has 2 atom stereocenters. The highest BCUT2D eigenvalue weighted by Gasteiger charge is 2.40. The van der Waals surface area contributed by atoms with E-state index in [1.54, 1.807) is 30.0 Å². The van der Waals surface area contributed by atoms with Gasteiger partial charge in [-0.15, -0.1) is 0 Å². The largest absolute Gasteiger partial charge is 0.466 e. The van der Waals surface area contributed by atoms with E-state index >= 15 is 0 Å². The molecule has 2 N–H and O–H groups in total. The molecule has 32 heavy (non-hydrogen) atoms. The van der Waals surface area contributed by atoms with Gasteiger partial charge in [-0.2, -0.15) is 0 Å². The number of allylic oxidation sites excluding steroid dienone is 1. The van der Waals surface area contributed by atoms with E-state index < -0.39 is 17.9 Å². The lowest BCUT2D eigenvalue weighted by Gasteiger charge is -2.35. The molecule has 0 saturated carbocycles. The smallest absolute Gasteiger partial charge is 0.336 e. The number of ketones is 1. The lowest BCUT2D eigenvalue weighted by Crippen LogP contribution is -2.54. The molecule has 10 heteroatoms. The van der Waals surface area contributed by atoms with E-state index in [-0.39, 0.29) is 39.6 Å². The number of hydrogen-bond donors (Lipinski definition) is 2. The van der Waals surface area contributed by atoms with Crippen LogP contribution < -0.4 is 10.6 Å². The Morgan fingerprint density at radius 2 is 1.75 bits per heavy atom. The summed E-state index contributed by atoms with van der Waals surface area (Å²) in [5.74, 6) is -2.34. The molecule has 1 fully saturated rings. The van der Waals surface area contributed by atoms with Crippen LogP contribution in [0.4, 0.5) is 0 Å². The van der Waals surface area contributed by atoms with Crippen LogP contribution in [0.3, 0.4) is 0 Å². The van der Waals surface area contributed by atoms with Crippen molar-refractivity contribution in [3.63, 3.8) is 0 Å². The molecule has 0 radical (unpaired) electrons. The Morgan fingerprint density at radius 1 is 1.09 bits per heavy atom. The first-order chi connectivity index (χ1) is 15.3. The molecule has 2 aliphatic heterocycles. The number of Topliss-reactive ketones (excluding diaryl/α,β-unsaturated/α-hetero) is 1.